The van der Waals surface area contributed by atoms with E-state index in [9.17, 15) is 4.79 Å². The van der Waals surface area contributed by atoms with Crippen molar-refractivity contribution in [3.63, 3.8) is 0 Å². The molecule has 0 spiro atoms. The van der Waals surface area contributed by atoms with Crippen LogP contribution in [0, 0.1) is 19.3 Å². The second-order valence-corrected chi connectivity index (χ2v) is 9.86. The van der Waals surface area contributed by atoms with Gasteiger partial charge in [0.1, 0.15) is 5.60 Å². The molecule has 0 atom stereocenters. The van der Waals surface area contributed by atoms with Crippen molar-refractivity contribution in [1.82, 2.24) is 0 Å². The Balaban J connectivity index is 1.74. The number of carbonyl (C=O) groups is 1. The molecule has 0 amide bonds. The van der Waals surface area contributed by atoms with E-state index in [1.165, 1.54) is 60.8 Å². The third-order valence-electron chi connectivity index (χ3n) is 6.32. The van der Waals surface area contributed by atoms with Crippen LogP contribution >= 0.6 is 0 Å². The van der Waals surface area contributed by atoms with Crippen molar-refractivity contribution >= 4 is 6.47 Å². The molecule has 152 valence electrons. The van der Waals surface area contributed by atoms with Crippen molar-refractivity contribution in [2.75, 3.05) is 0 Å². The number of ether oxygens (including phenoxy) is 1. The lowest BCUT2D eigenvalue weighted by Gasteiger charge is -2.18. The predicted molar refractivity (Wildman–Crippen MR) is 114 cm³/mol. The fourth-order valence-corrected chi connectivity index (χ4v) is 4.05. The van der Waals surface area contributed by atoms with Crippen molar-refractivity contribution in [2.24, 2.45) is 5.41 Å². The maximum Gasteiger partial charge on any atom is 0.293 e. The second kappa shape index (κ2) is 9.75. The molecule has 0 N–H and O–H groups in total. The van der Waals surface area contributed by atoms with Crippen molar-refractivity contribution in [1.29, 1.82) is 0 Å². The smallest absolute Gasteiger partial charge is 0.293 e. The molecular weight excluding hydrogens is 332 g/mol. The van der Waals surface area contributed by atoms with E-state index < -0.39 is 0 Å². The third-order valence-corrected chi connectivity index (χ3v) is 6.32. The van der Waals surface area contributed by atoms with Crippen LogP contribution in [0.4, 0.5) is 0 Å². The molecule has 1 aromatic carbocycles. The molecule has 2 nitrogen and oxygen atoms in total. The van der Waals surface area contributed by atoms with Crippen molar-refractivity contribution in [3.05, 3.63) is 34.4 Å². The molecular formula is C25H40O2. The first-order valence-corrected chi connectivity index (χ1v) is 11.0. The number of hydrogen-bond acceptors (Lipinski definition) is 2. The van der Waals surface area contributed by atoms with E-state index in [1.807, 2.05) is 0 Å². The second-order valence-electron chi connectivity index (χ2n) is 9.86. The molecule has 0 radical (unpaired) electrons. The van der Waals surface area contributed by atoms with Crippen molar-refractivity contribution in [3.8, 4) is 0 Å². The first-order valence-electron chi connectivity index (χ1n) is 11.0. The molecule has 2 rings (SSSR count). The van der Waals surface area contributed by atoms with Crippen LogP contribution in [0.5, 0.6) is 0 Å². The summed E-state index contributed by atoms with van der Waals surface area (Å²) >= 11 is 0. The minimum absolute atomic E-state index is 0.0937. The van der Waals surface area contributed by atoms with Gasteiger partial charge in [0, 0.05) is 0 Å². The van der Waals surface area contributed by atoms with Crippen LogP contribution in [0.15, 0.2) is 12.1 Å². The normalized spacial score (nSPS) is 15.6. The lowest BCUT2D eigenvalue weighted by atomic mass is 9.88. The SMILES string of the molecule is Cc1c(CCCCCC(C)(C)C)ccc(CCCCC2(OC=O)CC2)c1C. The Bertz CT molecular complexity index is 605. The Hall–Kier alpha value is -1.31. The summed E-state index contributed by atoms with van der Waals surface area (Å²) in [5, 5.41) is 0. The van der Waals surface area contributed by atoms with Gasteiger partial charge in [-0.15, -0.1) is 0 Å². The molecule has 1 aromatic rings. The van der Waals surface area contributed by atoms with Gasteiger partial charge in [0.2, 0.25) is 0 Å². The fraction of sp³-hybridized carbons (Fsp3) is 0.720. The number of carbonyl (C=O) groups excluding carboxylic acids is 1. The van der Waals surface area contributed by atoms with Crippen LogP contribution in [0.3, 0.4) is 0 Å². The van der Waals surface area contributed by atoms with Gasteiger partial charge in [-0.2, -0.15) is 0 Å². The summed E-state index contributed by atoms with van der Waals surface area (Å²) in [6.07, 6.45) is 13.1. The van der Waals surface area contributed by atoms with Gasteiger partial charge >= 0.3 is 0 Å². The highest BCUT2D eigenvalue weighted by molar-refractivity contribution is 5.40. The highest BCUT2D eigenvalue weighted by atomic mass is 16.5. The fourth-order valence-electron chi connectivity index (χ4n) is 4.05. The van der Waals surface area contributed by atoms with E-state index in [0.717, 1.165) is 32.1 Å². The van der Waals surface area contributed by atoms with Crippen molar-refractivity contribution in [2.45, 2.75) is 111 Å². The van der Waals surface area contributed by atoms with Gasteiger partial charge in [-0.1, -0.05) is 45.7 Å². The Labute approximate surface area is 167 Å². The van der Waals surface area contributed by atoms with Gasteiger partial charge in [-0.05, 0) is 99.3 Å². The number of benzene rings is 1. The zero-order chi connectivity index (χ0) is 19.9. The van der Waals surface area contributed by atoms with Crippen molar-refractivity contribution < 1.29 is 9.53 Å². The van der Waals surface area contributed by atoms with Gasteiger partial charge in [0.15, 0.2) is 0 Å². The van der Waals surface area contributed by atoms with E-state index in [1.54, 1.807) is 0 Å². The van der Waals surface area contributed by atoms with Crippen LogP contribution in [0.1, 0.15) is 101 Å². The zero-order valence-electron chi connectivity index (χ0n) is 18.3. The number of aryl methyl sites for hydroxylation is 2. The van der Waals surface area contributed by atoms with Crippen LogP contribution in [0.25, 0.3) is 0 Å². The molecule has 0 unspecified atom stereocenters. The van der Waals surface area contributed by atoms with Gasteiger partial charge in [-0.3, -0.25) is 4.79 Å². The molecule has 0 heterocycles. The Morgan fingerprint density at radius 1 is 0.926 bits per heavy atom. The molecule has 0 bridgehead atoms. The van der Waals surface area contributed by atoms with Gasteiger partial charge < -0.3 is 4.74 Å². The highest BCUT2D eigenvalue weighted by Crippen LogP contribution is 2.43. The molecule has 27 heavy (non-hydrogen) atoms. The summed E-state index contributed by atoms with van der Waals surface area (Å²) < 4.78 is 5.24. The molecule has 1 aliphatic carbocycles. The summed E-state index contributed by atoms with van der Waals surface area (Å²) in [5.74, 6) is 0. The molecule has 1 aliphatic rings. The van der Waals surface area contributed by atoms with E-state index >= 15 is 0 Å². The largest absolute Gasteiger partial charge is 0.461 e. The number of rotatable bonds is 12. The lowest BCUT2D eigenvalue weighted by molar-refractivity contribution is -0.135. The average molecular weight is 373 g/mol. The van der Waals surface area contributed by atoms with Crippen LogP contribution in [-0.2, 0) is 22.4 Å². The van der Waals surface area contributed by atoms with Crippen LogP contribution < -0.4 is 0 Å². The maximum absolute atomic E-state index is 10.6. The minimum atomic E-state index is -0.0937. The summed E-state index contributed by atoms with van der Waals surface area (Å²) in [5.41, 5.74) is 6.36. The van der Waals surface area contributed by atoms with Gasteiger partial charge in [-0.25, -0.2) is 0 Å². The maximum atomic E-state index is 10.6. The molecule has 2 heteroatoms. The van der Waals surface area contributed by atoms with Gasteiger partial charge in [0.05, 0.1) is 0 Å². The third kappa shape index (κ3) is 7.31. The average Bonchev–Trinajstić information content (AvgIpc) is 3.35. The van der Waals surface area contributed by atoms with E-state index in [0.29, 0.717) is 11.9 Å². The Morgan fingerprint density at radius 3 is 1.96 bits per heavy atom. The first-order chi connectivity index (χ1) is 12.8. The quantitative estimate of drug-likeness (QED) is 0.295. The highest BCUT2D eigenvalue weighted by Gasteiger charge is 2.44. The lowest BCUT2D eigenvalue weighted by Crippen LogP contribution is -2.12. The zero-order valence-corrected chi connectivity index (χ0v) is 18.3. The Morgan fingerprint density at radius 2 is 1.48 bits per heavy atom. The summed E-state index contributed by atoms with van der Waals surface area (Å²) in [4.78, 5) is 10.6. The summed E-state index contributed by atoms with van der Waals surface area (Å²) in [6.45, 7) is 12.2. The summed E-state index contributed by atoms with van der Waals surface area (Å²) in [6, 6.07) is 4.71. The molecule has 0 saturated heterocycles. The van der Waals surface area contributed by atoms with E-state index in [2.05, 4.69) is 46.8 Å². The number of unbranched alkanes of at least 4 members (excludes halogenated alkanes) is 3. The van der Waals surface area contributed by atoms with E-state index in [-0.39, 0.29) is 5.60 Å². The predicted octanol–water partition coefficient (Wildman–Crippen LogP) is 6.87. The topological polar surface area (TPSA) is 26.3 Å². The monoisotopic (exact) mass is 372 g/mol. The molecule has 1 saturated carbocycles. The Kier molecular flexibility index (Phi) is 7.94. The minimum Gasteiger partial charge on any atom is -0.461 e. The van der Waals surface area contributed by atoms with Gasteiger partial charge in [0.25, 0.3) is 6.47 Å². The summed E-state index contributed by atoms with van der Waals surface area (Å²) in [7, 11) is 0. The molecule has 1 fully saturated rings. The first kappa shape index (κ1) is 22.0. The molecule has 0 aliphatic heterocycles. The standard InChI is InChI=1S/C25H40O2/c1-20-21(2)23(12-8-10-16-25(17-18-25)27-19-26)14-13-22(20)11-7-6-9-15-24(3,4)5/h13-14,19H,6-12,15-18H2,1-5H3. The van der Waals surface area contributed by atoms with Crippen LogP contribution in [-0.4, -0.2) is 12.1 Å². The van der Waals surface area contributed by atoms with Crippen LogP contribution in [0.2, 0.25) is 0 Å². The van der Waals surface area contributed by atoms with E-state index in [4.69, 9.17) is 4.74 Å². The number of hydrogen-bond donors (Lipinski definition) is 0. The molecule has 0 aromatic heterocycles.